The molecular formula is C15H21N3O2S. The van der Waals surface area contributed by atoms with E-state index in [2.05, 4.69) is 20.9 Å². The van der Waals surface area contributed by atoms with E-state index < -0.39 is 11.5 Å². The van der Waals surface area contributed by atoms with Gasteiger partial charge in [0.05, 0.1) is 4.88 Å². The van der Waals surface area contributed by atoms with Crippen molar-refractivity contribution in [1.82, 2.24) is 14.9 Å². The number of rotatable bonds is 8. The van der Waals surface area contributed by atoms with Crippen LogP contribution in [-0.4, -0.2) is 33.2 Å². The highest BCUT2D eigenvalue weighted by atomic mass is 32.1. The minimum absolute atomic E-state index is 0.613. The van der Waals surface area contributed by atoms with Gasteiger partial charge < -0.3 is 15.0 Å². The minimum Gasteiger partial charge on any atom is -0.480 e. The maximum Gasteiger partial charge on any atom is 0.323 e. The second kappa shape index (κ2) is 6.87. The highest BCUT2D eigenvalue weighted by molar-refractivity contribution is 7.13. The van der Waals surface area contributed by atoms with Crippen LogP contribution in [-0.2, 0) is 11.3 Å². The van der Waals surface area contributed by atoms with Crippen LogP contribution in [0.1, 0.15) is 26.2 Å². The average molecular weight is 307 g/mol. The first kappa shape index (κ1) is 15.7. The molecule has 2 rings (SSSR count). The van der Waals surface area contributed by atoms with Gasteiger partial charge in [0.1, 0.15) is 11.4 Å². The summed E-state index contributed by atoms with van der Waals surface area (Å²) < 4.78 is 2.13. The molecule has 0 bridgehead atoms. The number of carboxylic acids is 1. The van der Waals surface area contributed by atoms with E-state index in [4.69, 9.17) is 0 Å². The fourth-order valence-corrected chi connectivity index (χ4v) is 2.96. The highest BCUT2D eigenvalue weighted by Gasteiger charge is 2.30. The van der Waals surface area contributed by atoms with Crippen LogP contribution in [0.3, 0.4) is 0 Å². The van der Waals surface area contributed by atoms with Crippen LogP contribution in [0.2, 0.25) is 0 Å². The lowest BCUT2D eigenvalue weighted by atomic mass is 9.95. The Morgan fingerprint density at radius 3 is 2.95 bits per heavy atom. The summed E-state index contributed by atoms with van der Waals surface area (Å²) in [5, 5.41) is 14.1. The number of thiophene rings is 1. The van der Waals surface area contributed by atoms with E-state index >= 15 is 0 Å². The third-order valence-corrected chi connectivity index (χ3v) is 4.67. The Balaban J connectivity index is 1.88. The number of hydrogen-bond acceptors (Lipinski definition) is 4. The lowest BCUT2D eigenvalue weighted by Gasteiger charge is -2.24. The summed E-state index contributed by atoms with van der Waals surface area (Å²) >= 11 is 1.67. The van der Waals surface area contributed by atoms with Crippen molar-refractivity contribution in [3.8, 4) is 10.7 Å². The Bertz CT molecular complexity index is 580. The van der Waals surface area contributed by atoms with Crippen molar-refractivity contribution in [3.63, 3.8) is 0 Å². The predicted octanol–water partition coefficient (Wildman–Crippen LogP) is 2.84. The molecule has 2 aromatic rings. The van der Waals surface area contributed by atoms with Gasteiger partial charge in [-0.05, 0) is 44.7 Å². The lowest BCUT2D eigenvalue weighted by molar-refractivity contribution is -0.144. The van der Waals surface area contributed by atoms with Gasteiger partial charge in [0.25, 0.3) is 0 Å². The molecule has 0 saturated heterocycles. The van der Waals surface area contributed by atoms with Gasteiger partial charge in [-0.1, -0.05) is 6.07 Å². The van der Waals surface area contributed by atoms with Crippen LogP contribution in [0.25, 0.3) is 10.7 Å². The molecule has 0 fully saturated rings. The zero-order valence-electron chi connectivity index (χ0n) is 12.4. The summed E-state index contributed by atoms with van der Waals surface area (Å²) in [7, 11) is 1.69. The van der Waals surface area contributed by atoms with E-state index in [9.17, 15) is 9.90 Å². The van der Waals surface area contributed by atoms with E-state index in [1.807, 2.05) is 23.8 Å². The number of aliphatic carboxylic acids is 1. The summed E-state index contributed by atoms with van der Waals surface area (Å²) in [4.78, 5) is 16.8. The van der Waals surface area contributed by atoms with Gasteiger partial charge in [-0.25, -0.2) is 4.98 Å². The number of aromatic nitrogens is 2. The maximum absolute atomic E-state index is 11.2. The van der Waals surface area contributed by atoms with Crippen molar-refractivity contribution in [3.05, 3.63) is 29.9 Å². The van der Waals surface area contributed by atoms with Crippen LogP contribution in [0.4, 0.5) is 0 Å². The van der Waals surface area contributed by atoms with Crippen molar-refractivity contribution in [2.45, 2.75) is 38.3 Å². The van der Waals surface area contributed by atoms with Crippen molar-refractivity contribution in [2.75, 3.05) is 7.05 Å². The molecule has 5 nitrogen and oxygen atoms in total. The fraction of sp³-hybridized carbons (Fsp3) is 0.467. The van der Waals surface area contributed by atoms with Crippen LogP contribution in [0, 0.1) is 0 Å². The standard InChI is InChI=1S/C15H21N3O2S/c1-15(16-2,14(19)20)7-3-4-9-18-10-8-17-13(18)12-6-5-11-21-12/h5-6,8,10-11,16H,3-4,7,9H2,1-2H3,(H,19,20). The molecule has 0 amide bonds. The first-order valence-corrected chi connectivity index (χ1v) is 7.92. The predicted molar refractivity (Wildman–Crippen MR) is 84.5 cm³/mol. The van der Waals surface area contributed by atoms with Gasteiger partial charge in [0.2, 0.25) is 0 Å². The molecule has 0 aromatic carbocycles. The third-order valence-electron chi connectivity index (χ3n) is 3.81. The van der Waals surface area contributed by atoms with Gasteiger partial charge >= 0.3 is 5.97 Å². The van der Waals surface area contributed by atoms with E-state index in [0.29, 0.717) is 6.42 Å². The van der Waals surface area contributed by atoms with Gasteiger partial charge in [0.15, 0.2) is 0 Å². The number of imidazole rings is 1. The first-order chi connectivity index (χ1) is 10.1. The SMILES string of the molecule is CNC(C)(CCCCn1ccnc1-c1cccs1)C(=O)O. The second-order valence-corrected chi connectivity index (χ2v) is 6.21. The average Bonchev–Trinajstić information content (AvgIpc) is 3.13. The molecule has 1 atom stereocenters. The molecule has 0 aliphatic rings. The molecule has 6 heteroatoms. The Hall–Kier alpha value is -1.66. The number of carboxylic acid groups (broad SMARTS) is 1. The summed E-state index contributed by atoms with van der Waals surface area (Å²) in [6.45, 7) is 2.58. The number of aryl methyl sites for hydroxylation is 1. The van der Waals surface area contributed by atoms with E-state index in [0.717, 1.165) is 30.1 Å². The largest absolute Gasteiger partial charge is 0.480 e. The van der Waals surface area contributed by atoms with Crippen molar-refractivity contribution < 1.29 is 9.90 Å². The number of hydrogen-bond donors (Lipinski definition) is 2. The van der Waals surface area contributed by atoms with Crippen LogP contribution < -0.4 is 5.32 Å². The number of carbonyl (C=O) groups is 1. The van der Waals surface area contributed by atoms with Crippen molar-refractivity contribution in [1.29, 1.82) is 0 Å². The van der Waals surface area contributed by atoms with E-state index in [1.165, 1.54) is 0 Å². The quantitative estimate of drug-likeness (QED) is 0.736. The van der Waals surface area contributed by atoms with Gasteiger partial charge in [0, 0.05) is 18.9 Å². The highest BCUT2D eigenvalue weighted by Crippen LogP contribution is 2.23. The van der Waals surface area contributed by atoms with Gasteiger partial charge in [-0.15, -0.1) is 11.3 Å². The number of nitrogens with zero attached hydrogens (tertiary/aromatic N) is 2. The molecule has 114 valence electrons. The Kier molecular flexibility index (Phi) is 5.14. The van der Waals surface area contributed by atoms with E-state index in [1.54, 1.807) is 25.3 Å². The smallest absolute Gasteiger partial charge is 0.323 e. The molecule has 2 aromatic heterocycles. The van der Waals surface area contributed by atoms with Gasteiger partial charge in [-0.3, -0.25) is 4.79 Å². The van der Waals surface area contributed by atoms with Crippen molar-refractivity contribution in [2.24, 2.45) is 0 Å². The molecule has 0 radical (unpaired) electrons. The molecule has 0 aliphatic carbocycles. The minimum atomic E-state index is -0.842. The normalized spacial score (nSPS) is 14.0. The molecule has 0 saturated carbocycles. The topological polar surface area (TPSA) is 67.2 Å². The van der Waals surface area contributed by atoms with Crippen LogP contribution in [0.5, 0.6) is 0 Å². The molecule has 2 N–H and O–H groups in total. The van der Waals surface area contributed by atoms with Crippen LogP contribution in [0.15, 0.2) is 29.9 Å². The summed E-state index contributed by atoms with van der Waals surface area (Å²) in [5.41, 5.74) is -0.842. The molecule has 2 heterocycles. The zero-order valence-corrected chi connectivity index (χ0v) is 13.2. The second-order valence-electron chi connectivity index (χ2n) is 5.27. The zero-order chi connectivity index (χ0) is 15.3. The van der Waals surface area contributed by atoms with Crippen LogP contribution >= 0.6 is 11.3 Å². The monoisotopic (exact) mass is 307 g/mol. The number of unbranched alkanes of at least 4 members (excludes halogenated alkanes) is 1. The Morgan fingerprint density at radius 1 is 1.52 bits per heavy atom. The first-order valence-electron chi connectivity index (χ1n) is 7.04. The van der Waals surface area contributed by atoms with Gasteiger partial charge in [-0.2, -0.15) is 0 Å². The maximum atomic E-state index is 11.2. The Morgan fingerprint density at radius 2 is 2.33 bits per heavy atom. The molecule has 0 aliphatic heterocycles. The number of likely N-dealkylation sites (N-methyl/N-ethyl adjacent to an activating group) is 1. The summed E-state index contributed by atoms with van der Waals surface area (Å²) in [6, 6.07) is 4.08. The lowest BCUT2D eigenvalue weighted by Crippen LogP contribution is -2.47. The third kappa shape index (κ3) is 3.71. The fourth-order valence-electron chi connectivity index (χ4n) is 2.22. The van der Waals surface area contributed by atoms with Crippen molar-refractivity contribution >= 4 is 17.3 Å². The van der Waals surface area contributed by atoms with E-state index in [-0.39, 0.29) is 0 Å². The number of nitrogens with one attached hydrogen (secondary N) is 1. The Labute approximate surface area is 128 Å². The summed E-state index contributed by atoms with van der Waals surface area (Å²) in [5.74, 6) is 0.187. The summed E-state index contributed by atoms with van der Waals surface area (Å²) in [6.07, 6.45) is 6.18. The molecule has 0 spiro atoms. The molecule has 1 unspecified atom stereocenters. The molecule has 21 heavy (non-hydrogen) atoms. The molecular weight excluding hydrogens is 286 g/mol.